The van der Waals surface area contributed by atoms with Gasteiger partial charge in [0, 0.05) is 25.7 Å². The highest BCUT2D eigenvalue weighted by Gasteiger charge is 2.30. The Morgan fingerprint density at radius 3 is 0.731 bits per heavy atom. The first kappa shape index (κ1) is 91.1. The zero-order valence-electron chi connectivity index (χ0n) is 60.6. The summed E-state index contributed by atoms with van der Waals surface area (Å²) in [6, 6.07) is 0. The van der Waals surface area contributed by atoms with Crippen molar-refractivity contribution in [2.45, 2.75) is 400 Å². The van der Waals surface area contributed by atoms with Crippen LogP contribution in [-0.4, -0.2) is 96.7 Å². The van der Waals surface area contributed by atoms with Crippen molar-refractivity contribution in [1.29, 1.82) is 0 Å². The van der Waals surface area contributed by atoms with Crippen LogP contribution in [0.3, 0.4) is 0 Å². The lowest BCUT2D eigenvalue weighted by Gasteiger charge is -2.21. The number of aliphatic hydroxyl groups excluding tert-OH is 1. The van der Waals surface area contributed by atoms with Crippen molar-refractivity contribution in [3.8, 4) is 0 Å². The number of phosphoric acid groups is 2. The van der Waals surface area contributed by atoms with E-state index < -0.39 is 97.5 Å². The molecule has 0 aromatic carbocycles. The first-order chi connectivity index (χ1) is 44.9. The number of hydrogen-bond acceptors (Lipinski definition) is 15. The number of phosphoric ester groups is 2. The van der Waals surface area contributed by atoms with E-state index in [0.29, 0.717) is 31.6 Å². The predicted molar refractivity (Wildman–Crippen MR) is 377 cm³/mol. The molecule has 0 fully saturated rings. The smallest absolute Gasteiger partial charge is 0.462 e. The van der Waals surface area contributed by atoms with Crippen LogP contribution < -0.4 is 0 Å². The van der Waals surface area contributed by atoms with Gasteiger partial charge in [-0.05, 0) is 37.5 Å². The number of esters is 4. The molecule has 0 saturated carbocycles. The van der Waals surface area contributed by atoms with Crippen molar-refractivity contribution >= 4 is 39.5 Å². The third-order valence-corrected chi connectivity index (χ3v) is 19.1. The largest absolute Gasteiger partial charge is 0.472 e. The van der Waals surface area contributed by atoms with Crippen molar-refractivity contribution in [1.82, 2.24) is 0 Å². The summed E-state index contributed by atoms with van der Waals surface area (Å²) in [5.74, 6) is -0.699. The minimum atomic E-state index is -4.95. The molecule has 552 valence electrons. The minimum Gasteiger partial charge on any atom is -0.462 e. The van der Waals surface area contributed by atoms with Gasteiger partial charge in [-0.15, -0.1) is 0 Å². The summed E-state index contributed by atoms with van der Waals surface area (Å²) >= 11 is 0. The molecule has 2 unspecified atom stereocenters. The first-order valence-corrected chi connectivity index (χ1v) is 41.5. The Hall–Kier alpha value is -1.94. The summed E-state index contributed by atoms with van der Waals surface area (Å²) in [6.45, 7) is 9.45. The Labute approximate surface area is 568 Å². The van der Waals surface area contributed by atoms with Crippen LogP contribution in [0.4, 0.5) is 0 Å². The molecule has 0 heterocycles. The maximum atomic E-state index is 13.1. The number of carbonyl (C=O) groups is 4. The summed E-state index contributed by atoms with van der Waals surface area (Å²) in [6.07, 6.45) is 53.2. The summed E-state index contributed by atoms with van der Waals surface area (Å²) in [5, 5.41) is 10.6. The molecular formula is C74H144O17P2. The van der Waals surface area contributed by atoms with Gasteiger partial charge in [0.05, 0.1) is 26.4 Å². The van der Waals surface area contributed by atoms with Gasteiger partial charge >= 0.3 is 39.5 Å². The Bertz CT molecular complexity index is 1800. The molecule has 0 radical (unpaired) electrons. The Balaban J connectivity index is 5.14. The molecule has 0 rings (SSSR count). The monoisotopic (exact) mass is 1370 g/mol. The lowest BCUT2D eigenvalue weighted by Crippen LogP contribution is -2.30. The van der Waals surface area contributed by atoms with Crippen molar-refractivity contribution in [3.05, 3.63) is 0 Å². The fourth-order valence-electron chi connectivity index (χ4n) is 11.3. The number of hydrogen-bond donors (Lipinski definition) is 3. The van der Waals surface area contributed by atoms with Crippen molar-refractivity contribution in [2.24, 2.45) is 11.8 Å². The second kappa shape index (κ2) is 66.0. The van der Waals surface area contributed by atoms with E-state index >= 15 is 0 Å². The van der Waals surface area contributed by atoms with E-state index in [-0.39, 0.29) is 25.7 Å². The van der Waals surface area contributed by atoms with Crippen molar-refractivity contribution in [2.75, 3.05) is 39.6 Å². The quantitative estimate of drug-likeness (QED) is 0.0222. The summed E-state index contributed by atoms with van der Waals surface area (Å²) in [4.78, 5) is 72.5. The fourth-order valence-corrected chi connectivity index (χ4v) is 12.9. The van der Waals surface area contributed by atoms with Crippen LogP contribution in [0.1, 0.15) is 382 Å². The lowest BCUT2D eigenvalue weighted by molar-refractivity contribution is -0.161. The molecule has 5 atom stereocenters. The molecular weight excluding hydrogens is 1220 g/mol. The molecule has 0 aromatic heterocycles. The van der Waals surface area contributed by atoms with Gasteiger partial charge in [0.1, 0.15) is 19.3 Å². The average molecular weight is 1370 g/mol. The minimum absolute atomic E-state index is 0.102. The molecule has 0 bridgehead atoms. The average Bonchev–Trinajstić information content (AvgIpc) is 2.73. The molecule has 0 spiro atoms. The van der Waals surface area contributed by atoms with Gasteiger partial charge in [0.15, 0.2) is 12.2 Å². The van der Waals surface area contributed by atoms with Crippen LogP contribution >= 0.6 is 15.6 Å². The third-order valence-electron chi connectivity index (χ3n) is 17.2. The molecule has 3 N–H and O–H groups in total. The molecule has 0 aliphatic heterocycles. The molecule has 0 aromatic rings. The van der Waals surface area contributed by atoms with Crippen LogP contribution in [0, 0.1) is 11.8 Å². The van der Waals surface area contributed by atoms with Crippen LogP contribution in [0.2, 0.25) is 0 Å². The molecule has 0 aliphatic rings. The fraction of sp³-hybridized carbons (Fsp3) is 0.946. The van der Waals surface area contributed by atoms with E-state index in [1.54, 1.807) is 0 Å². The van der Waals surface area contributed by atoms with E-state index in [4.69, 9.17) is 37.0 Å². The van der Waals surface area contributed by atoms with Gasteiger partial charge in [-0.25, -0.2) is 9.13 Å². The third kappa shape index (κ3) is 68.4. The number of unbranched alkanes of at least 4 members (excludes halogenated alkanes) is 43. The standard InChI is InChI=1S/C74H144O17P2/c1-7-9-11-13-15-17-18-19-20-21-22-23-24-25-26-27-28-29-35-39-46-52-58-73(78)90-69(62-85-72(77)57-51-45-38-34-31-30-33-36-42-48-54-66(3)4)64-88-92(80,81)86-60-68(75)61-87-93(82,83)89-65-70(91-74(79)59-53-47-41-40-43-49-55-67(5)6)63-84-71(76)56-50-44-37-32-16-14-12-10-8-2/h66-70,75H,7-65H2,1-6H3,(H,80,81)(H,82,83)/t68-,69-,70-/m1/s1. The number of aliphatic hydroxyl groups is 1. The maximum absolute atomic E-state index is 13.1. The van der Waals surface area contributed by atoms with Gasteiger partial charge in [-0.1, -0.05) is 330 Å². The van der Waals surface area contributed by atoms with Crippen LogP contribution in [0.5, 0.6) is 0 Å². The van der Waals surface area contributed by atoms with Gasteiger partial charge < -0.3 is 33.8 Å². The summed E-state index contributed by atoms with van der Waals surface area (Å²) in [7, 11) is -9.90. The number of ether oxygens (including phenoxy) is 4. The molecule has 17 nitrogen and oxygen atoms in total. The molecule has 0 aliphatic carbocycles. The van der Waals surface area contributed by atoms with Crippen LogP contribution in [-0.2, 0) is 65.4 Å². The molecule has 93 heavy (non-hydrogen) atoms. The van der Waals surface area contributed by atoms with E-state index in [2.05, 4.69) is 41.5 Å². The van der Waals surface area contributed by atoms with E-state index in [1.807, 2.05) is 0 Å². The second-order valence-corrected chi connectivity index (χ2v) is 30.5. The van der Waals surface area contributed by atoms with Gasteiger partial charge in [-0.3, -0.25) is 37.3 Å². The highest BCUT2D eigenvalue weighted by molar-refractivity contribution is 7.47. The van der Waals surface area contributed by atoms with Gasteiger partial charge in [-0.2, -0.15) is 0 Å². The summed E-state index contributed by atoms with van der Waals surface area (Å²) < 4.78 is 68.3. The highest BCUT2D eigenvalue weighted by Crippen LogP contribution is 2.45. The van der Waals surface area contributed by atoms with Crippen LogP contribution in [0.25, 0.3) is 0 Å². The Kier molecular flexibility index (Phi) is 64.6. The second-order valence-electron chi connectivity index (χ2n) is 27.6. The Morgan fingerprint density at radius 1 is 0.290 bits per heavy atom. The Morgan fingerprint density at radius 2 is 0.495 bits per heavy atom. The first-order valence-electron chi connectivity index (χ1n) is 38.5. The zero-order chi connectivity index (χ0) is 68.6. The topological polar surface area (TPSA) is 237 Å². The predicted octanol–water partition coefficient (Wildman–Crippen LogP) is 21.6. The number of carbonyl (C=O) groups excluding carboxylic acids is 4. The highest BCUT2D eigenvalue weighted by atomic mass is 31.2. The van der Waals surface area contributed by atoms with Crippen molar-refractivity contribution in [3.63, 3.8) is 0 Å². The molecule has 0 amide bonds. The maximum Gasteiger partial charge on any atom is 0.472 e. The van der Waals surface area contributed by atoms with Gasteiger partial charge in [0.2, 0.25) is 0 Å². The lowest BCUT2D eigenvalue weighted by atomic mass is 10.0. The van der Waals surface area contributed by atoms with Gasteiger partial charge in [0.25, 0.3) is 0 Å². The van der Waals surface area contributed by atoms with Crippen molar-refractivity contribution < 1.29 is 80.2 Å². The summed E-state index contributed by atoms with van der Waals surface area (Å²) in [5.41, 5.74) is 0. The molecule has 0 saturated heterocycles. The van der Waals surface area contributed by atoms with E-state index in [9.17, 15) is 43.2 Å². The SMILES string of the molecule is CCCCCCCCCCCCCCCCCCCCCCCCC(=O)O[C@H](COC(=O)CCCCCCCCCCCCC(C)C)COP(=O)(O)OC[C@@H](O)COP(=O)(O)OC[C@@H](COC(=O)CCCCCCCCCCC)OC(=O)CCCCCCCCC(C)C. The normalized spacial score (nSPS) is 14.1. The number of rotatable bonds is 73. The molecule has 19 heteroatoms. The van der Waals surface area contributed by atoms with Crippen LogP contribution in [0.15, 0.2) is 0 Å². The zero-order valence-corrected chi connectivity index (χ0v) is 62.3. The van der Waals surface area contributed by atoms with E-state index in [0.717, 1.165) is 95.8 Å². The van der Waals surface area contributed by atoms with E-state index in [1.165, 1.54) is 199 Å².